The first kappa shape index (κ1) is 21.5. The number of aliphatic imine (C=N–C) groups is 1. The van der Waals surface area contributed by atoms with E-state index >= 15 is 0 Å². The van der Waals surface area contributed by atoms with Crippen molar-refractivity contribution in [3.05, 3.63) is 29.8 Å². The predicted octanol–water partition coefficient (Wildman–Crippen LogP) is 2.34. The lowest BCUT2D eigenvalue weighted by atomic mass is 10.0. The average molecular weight is 376 g/mol. The van der Waals surface area contributed by atoms with Crippen molar-refractivity contribution in [2.24, 2.45) is 4.99 Å². The molecule has 0 spiro atoms. The molecule has 1 atom stereocenters. The number of hydrogen-bond donors (Lipinski definition) is 2. The lowest BCUT2D eigenvalue weighted by Gasteiger charge is -2.34. The minimum absolute atomic E-state index is 0.0575. The molecule has 2 rings (SSSR count). The number of methoxy groups -OCH3 is 1. The SMILES string of the molecule is CN=C(NCC(c1ccc(OC)cc1)N1CCCC1)NCC(C)(C)N(C)C. The molecular weight excluding hydrogens is 338 g/mol. The van der Waals surface area contributed by atoms with Crippen LogP contribution in [0.4, 0.5) is 0 Å². The highest BCUT2D eigenvalue weighted by Crippen LogP contribution is 2.26. The number of hydrogen-bond acceptors (Lipinski definition) is 4. The second-order valence-corrected chi connectivity index (χ2v) is 8.05. The van der Waals surface area contributed by atoms with Crippen molar-refractivity contribution in [1.29, 1.82) is 0 Å². The second kappa shape index (κ2) is 9.95. The molecule has 152 valence electrons. The maximum absolute atomic E-state index is 5.31. The van der Waals surface area contributed by atoms with E-state index in [0.29, 0.717) is 6.04 Å². The molecule has 1 aromatic carbocycles. The van der Waals surface area contributed by atoms with E-state index in [4.69, 9.17) is 4.74 Å². The summed E-state index contributed by atoms with van der Waals surface area (Å²) in [4.78, 5) is 9.19. The Morgan fingerprint density at radius 2 is 1.81 bits per heavy atom. The fourth-order valence-electron chi connectivity index (χ4n) is 3.21. The van der Waals surface area contributed by atoms with Gasteiger partial charge in [0.25, 0.3) is 0 Å². The first-order valence-electron chi connectivity index (χ1n) is 9.87. The fourth-order valence-corrected chi connectivity index (χ4v) is 3.21. The van der Waals surface area contributed by atoms with Crippen LogP contribution in [0, 0.1) is 0 Å². The summed E-state index contributed by atoms with van der Waals surface area (Å²) in [5.41, 5.74) is 1.37. The van der Waals surface area contributed by atoms with Crippen LogP contribution >= 0.6 is 0 Å². The first-order chi connectivity index (χ1) is 12.9. The standard InChI is InChI=1S/C21H37N5O/c1-21(2,25(4)5)16-24-20(22-3)23-15-19(26-13-7-8-14-26)17-9-11-18(27-6)12-10-17/h9-12,19H,7-8,13-16H2,1-6H3,(H2,22,23,24). The second-order valence-electron chi connectivity index (χ2n) is 8.05. The molecule has 2 N–H and O–H groups in total. The van der Waals surface area contributed by atoms with Crippen LogP contribution in [0.25, 0.3) is 0 Å². The molecule has 1 aliphatic rings. The zero-order valence-electron chi connectivity index (χ0n) is 17.9. The Hall–Kier alpha value is -1.79. The van der Waals surface area contributed by atoms with Gasteiger partial charge in [0, 0.05) is 25.7 Å². The fraction of sp³-hybridized carbons (Fsp3) is 0.667. The maximum atomic E-state index is 5.31. The molecule has 0 saturated carbocycles. The van der Waals surface area contributed by atoms with Crippen LogP contribution in [0.15, 0.2) is 29.3 Å². The van der Waals surface area contributed by atoms with Crippen molar-refractivity contribution >= 4 is 5.96 Å². The molecule has 27 heavy (non-hydrogen) atoms. The number of nitrogens with one attached hydrogen (secondary N) is 2. The molecule has 0 aliphatic carbocycles. The number of guanidine groups is 1. The third-order valence-corrected chi connectivity index (χ3v) is 5.67. The van der Waals surface area contributed by atoms with Gasteiger partial charge in [-0.1, -0.05) is 12.1 Å². The lowest BCUT2D eigenvalue weighted by Crippen LogP contribution is -2.51. The number of rotatable bonds is 8. The third-order valence-electron chi connectivity index (χ3n) is 5.67. The highest BCUT2D eigenvalue weighted by Gasteiger charge is 2.24. The first-order valence-corrected chi connectivity index (χ1v) is 9.87. The highest BCUT2D eigenvalue weighted by atomic mass is 16.5. The van der Waals surface area contributed by atoms with Gasteiger partial charge in [-0.05, 0) is 71.6 Å². The van der Waals surface area contributed by atoms with Gasteiger partial charge in [-0.2, -0.15) is 0 Å². The Balaban J connectivity index is 2.01. The minimum Gasteiger partial charge on any atom is -0.497 e. The molecule has 6 nitrogen and oxygen atoms in total. The van der Waals surface area contributed by atoms with Crippen molar-refractivity contribution in [2.45, 2.75) is 38.3 Å². The topological polar surface area (TPSA) is 52.1 Å². The van der Waals surface area contributed by atoms with E-state index < -0.39 is 0 Å². The van der Waals surface area contributed by atoms with Gasteiger partial charge in [0.1, 0.15) is 5.75 Å². The van der Waals surface area contributed by atoms with E-state index in [-0.39, 0.29) is 5.54 Å². The third kappa shape index (κ3) is 6.11. The van der Waals surface area contributed by atoms with Crippen LogP contribution in [-0.4, -0.2) is 75.7 Å². The summed E-state index contributed by atoms with van der Waals surface area (Å²) in [5, 5.41) is 7.00. The van der Waals surface area contributed by atoms with E-state index in [9.17, 15) is 0 Å². The summed E-state index contributed by atoms with van der Waals surface area (Å²) in [7, 11) is 7.74. The molecule has 0 aromatic heterocycles. The molecule has 1 fully saturated rings. The smallest absolute Gasteiger partial charge is 0.191 e. The van der Waals surface area contributed by atoms with Gasteiger partial charge in [0.05, 0.1) is 13.2 Å². The van der Waals surface area contributed by atoms with Crippen molar-refractivity contribution in [3.63, 3.8) is 0 Å². The molecule has 0 radical (unpaired) electrons. The number of ether oxygens (including phenoxy) is 1. The molecule has 1 aromatic rings. The van der Waals surface area contributed by atoms with Gasteiger partial charge in [-0.25, -0.2) is 0 Å². The Bertz CT molecular complexity index is 591. The largest absolute Gasteiger partial charge is 0.497 e. The molecule has 1 aliphatic heterocycles. The Morgan fingerprint density at radius 1 is 1.19 bits per heavy atom. The van der Waals surface area contributed by atoms with Crippen LogP contribution in [0.2, 0.25) is 0 Å². The van der Waals surface area contributed by atoms with E-state index in [2.05, 4.69) is 65.5 Å². The number of likely N-dealkylation sites (tertiary alicyclic amines) is 1. The summed E-state index contributed by atoms with van der Waals surface area (Å²) in [6.45, 7) is 8.40. The molecule has 6 heteroatoms. The van der Waals surface area contributed by atoms with Crippen LogP contribution in [0.1, 0.15) is 38.3 Å². The van der Waals surface area contributed by atoms with Crippen LogP contribution in [0.5, 0.6) is 5.75 Å². The molecule has 1 saturated heterocycles. The molecule has 1 heterocycles. The van der Waals surface area contributed by atoms with E-state index in [1.807, 2.05) is 19.2 Å². The van der Waals surface area contributed by atoms with E-state index in [1.54, 1.807) is 7.11 Å². The van der Waals surface area contributed by atoms with Gasteiger partial charge in [-0.3, -0.25) is 9.89 Å². The minimum atomic E-state index is 0.0575. The Labute approximate surface area is 165 Å². The van der Waals surface area contributed by atoms with Gasteiger partial charge >= 0.3 is 0 Å². The molecule has 0 amide bonds. The summed E-state index contributed by atoms with van der Waals surface area (Å²) in [5.74, 6) is 1.75. The lowest BCUT2D eigenvalue weighted by molar-refractivity contribution is 0.197. The van der Waals surface area contributed by atoms with Crippen LogP contribution < -0.4 is 15.4 Å². The van der Waals surface area contributed by atoms with Crippen molar-refractivity contribution < 1.29 is 4.74 Å². The van der Waals surface area contributed by atoms with Crippen molar-refractivity contribution in [2.75, 3.05) is 54.4 Å². The number of nitrogens with zero attached hydrogens (tertiary/aromatic N) is 3. The summed E-state index contributed by atoms with van der Waals surface area (Å²) in [6.07, 6.45) is 2.55. The number of benzene rings is 1. The zero-order valence-corrected chi connectivity index (χ0v) is 17.9. The monoisotopic (exact) mass is 375 g/mol. The predicted molar refractivity (Wildman–Crippen MR) is 114 cm³/mol. The van der Waals surface area contributed by atoms with Gasteiger partial charge < -0.3 is 20.3 Å². The van der Waals surface area contributed by atoms with E-state index in [0.717, 1.165) is 37.9 Å². The molecule has 0 bridgehead atoms. The van der Waals surface area contributed by atoms with Gasteiger partial charge in [0.15, 0.2) is 5.96 Å². The van der Waals surface area contributed by atoms with Crippen molar-refractivity contribution in [1.82, 2.24) is 20.4 Å². The zero-order chi connectivity index (χ0) is 19.9. The molecule has 1 unspecified atom stereocenters. The normalized spacial score (nSPS) is 17.2. The van der Waals surface area contributed by atoms with Crippen LogP contribution in [-0.2, 0) is 0 Å². The van der Waals surface area contributed by atoms with Crippen molar-refractivity contribution in [3.8, 4) is 5.75 Å². The van der Waals surface area contributed by atoms with Crippen LogP contribution in [0.3, 0.4) is 0 Å². The average Bonchev–Trinajstić information content (AvgIpc) is 3.19. The summed E-state index contributed by atoms with van der Waals surface area (Å²) in [6, 6.07) is 8.78. The van der Waals surface area contributed by atoms with E-state index in [1.165, 1.54) is 18.4 Å². The molecular formula is C21H37N5O. The van der Waals surface area contributed by atoms with Gasteiger partial charge in [0.2, 0.25) is 0 Å². The highest BCUT2D eigenvalue weighted by molar-refractivity contribution is 5.79. The summed E-state index contributed by atoms with van der Waals surface area (Å²) < 4.78 is 5.31. The maximum Gasteiger partial charge on any atom is 0.191 e. The Kier molecular flexibility index (Phi) is 7.92. The number of likely N-dealkylation sites (N-methyl/N-ethyl adjacent to an activating group) is 1. The van der Waals surface area contributed by atoms with Gasteiger partial charge in [-0.15, -0.1) is 0 Å². The Morgan fingerprint density at radius 3 is 2.33 bits per heavy atom. The summed E-state index contributed by atoms with van der Waals surface area (Å²) >= 11 is 0. The quantitative estimate of drug-likeness (QED) is 0.540.